The van der Waals surface area contributed by atoms with Crippen LogP contribution in [0.15, 0.2) is 10.3 Å². The largest absolute Gasteiger partial charge is 0.314 e. The molecule has 1 aliphatic heterocycles. The van der Waals surface area contributed by atoms with E-state index in [-0.39, 0.29) is 0 Å². The van der Waals surface area contributed by atoms with Crippen LogP contribution < -0.4 is 5.32 Å². The minimum atomic E-state index is -3.42. The number of aryl methyl sites for hydroxylation is 1. The highest BCUT2D eigenvalue weighted by Gasteiger charge is 2.24. The fourth-order valence-corrected chi connectivity index (χ4v) is 5.13. The summed E-state index contributed by atoms with van der Waals surface area (Å²) in [6.07, 6.45) is 0. The number of rotatable bonds is 5. The average molecular weight is 338 g/mol. The van der Waals surface area contributed by atoms with E-state index in [9.17, 15) is 8.42 Å². The second kappa shape index (κ2) is 6.72. The van der Waals surface area contributed by atoms with E-state index in [1.807, 2.05) is 6.92 Å². The molecule has 1 aromatic heterocycles. The first-order valence-corrected chi connectivity index (χ1v) is 9.20. The molecule has 0 bridgehead atoms. The summed E-state index contributed by atoms with van der Waals surface area (Å²) in [4.78, 5) is 2.27. The molecule has 0 unspecified atom stereocenters. The minimum Gasteiger partial charge on any atom is -0.314 e. The molecule has 1 N–H and O–H groups in total. The maximum Gasteiger partial charge on any atom is 0.252 e. The van der Waals surface area contributed by atoms with E-state index in [1.54, 1.807) is 13.1 Å². The Bertz CT molecular complexity index is 534. The number of likely N-dealkylation sites (N-methyl/N-ethyl adjacent to an activating group) is 1. The summed E-state index contributed by atoms with van der Waals surface area (Å²) in [6, 6.07) is 1.64. The number of piperazine rings is 1. The number of sulfonamides is 1. The Morgan fingerprint density at radius 2 is 2.10 bits per heavy atom. The van der Waals surface area contributed by atoms with Gasteiger partial charge in [0.05, 0.1) is 4.34 Å². The molecule has 0 radical (unpaired) electrons. The molecule has 0 saturated carbocycles. The summed E-state index contributed by atoms with van der Waals surface area (Å²) in [5.74, 6) is 0. The topological polar surface area (TPSA) is 52.7 Å². The van der Waals surface area contributed by atoms with Gasteiger partial charge in [-0.2, -0.15) is 4.31 Å². The average Bonchev–Trinajstić information content (AvgIpc) is 2.78. The summed E-state index contributed by atoms with van der Waals surface area (Å²) < 4.78 is 27.1. The molecular weight excluding hydrogens is 318 g/mol. The summed E-state index contributed by atoms with van der Waals surface area (Å²) in [5.41, 5.74) is 0.811. The van der Waals surface area contributed by atoms with Crippen molar-refractivity contribution in [3.8, 4) is 0 Å². The third-order valence-electron chi connectivity index (χ3n) is 3.44. The van der Waals surface area contributed by atoms with Gasteiger partial charge in [-0.3, -0.25) is 4.90 Å². The maximum atomic E-state index is 12.4. The van der Waals surface area contributed by atoms with E-state index in [4.69, 9.17) is 11.6 Å². The standard InChI is InChI=1S/C12H20ClN3O2S2/c1-10-9-11(19-12(10)13)20(17,18)15(2)7-8-16-5-3-14-4-6-16/h9,14H,3-8H2,1-2H3. The van der Waals surface area contributed by atoms with Gasteiger partial charge in [0, 0.05) is 46.3 Å². The first-order chi connectivity index (χ1) is 9.41. The summed E-state index contributed by atoms with van der Waals surface area (Å²) >= 11 is 7.08. The van der Waals surface area contributed by atoms with Crippen LogP contribution in [0.5, 0.6) is 0 Å². The molecule has 0 aliphatic carbocycles. The molecule has 0 aromatic carbocycles. The van der Waals surface area contributed by atoms with Gasteiger partial charge in [-0.05, 0) is 18.6 Å². The van der Waals surface area contributed by atoms with Crippen LogP contribution in [0, 0.1) is 6.92 Å². The highest BCUT2D eigenvalue weighted by atomic mass is 35.5. The van der Waals surface area contributed by atoms with Gasteiger partial charge in [-0.25, -0.2) is 8.42 Å². The second-order valence-electron chi connectivity index (χ2n) is 4.94. The van der Waals surface area contributed by atoms with Gasteiger partial charge in [0.2, 0.25) is 0 Å². The van der Waals surface area contributed by atoms with Crippen molar-refractivity contribution in [2.24, 2.45) is 0 Å². The SMILES string of the molecule is Cc1cc(S(=O)(=O)N(C)CCN2CCNCC2)sc1Cl. The van der Waals surface area contributed by atoms with E-state index in [2.05, 4.69) is 10.2 Å². The van der Waals surface area contributed by atoms with Crippen molar-refractivity contribution in [3.63, 3.8) is 0 Å². The molecule has 0 spiro atoms. The zero-order valence-corrected chi connectivity index (χ0v) is 14.1. The van der Waals surface area contributed by atoms with Gasteiger partial charge in [0.1, 0.15) is 4.21 Å². The smallest absolute Gasteiger partial charge is 0.252 e. The molecule has 8 heteroatoms. The second-order valence-corrected chi connectivity index (χ2v) is 8.87. The molecule has 114 valence electrons. The molecule has 20 heavy (non-hydrogen) atoms. The lowest BCUT2D eigenvalue weighted by Crippen LogP contribution is -2.46. The van der Waals surface area contributed by atoms with Gasteiger partial charge in [0.15, 0.2) is 0 Å². The van der Waals surface area contributed by atoms with Crippen molar-refractivity contribution in [1.29, 1.82) is 0 Å². The van der Waals surface area contributed by atoms with Crippen molar-refractivity contribution in [2.75, 3.05) is 46.3 Å². The van der Waals surface area contributed by atoms with E-state index < -0.39 is 10.0 Å². The number of hydrogen-bond acceptors (Lipinski definition) is 5. The Labute approximate surface area is 129 Å². The highest BCUT2D eigenvalue weighted by Crippen LogP contribution is 2.31. The number of halogens is 1. The summed E-state index contributed by atoms with van der Waals surface area (Å²) in [7, 11) is -1.79. The normalized spacial score (nSPS) is 17.8. The predicted octanol–water partition coefficient (Wildman–Crippen LogP) is 1.24. The number of thiophene rings is 1. The zero-order chi connectivity index (χ0) is 14.8. The van der Waals surface area contributed by atoms with Crippen LogP contribution in [-0.4, -0.2) is 63.9 Å². The van der Waals surface area contributed by atoms with Crippen LogP contribution >= 0.6 is 22.9 Å². The molecule has 2 heterocycles. The molecule has 0 atom stereocenters. The van der Waals surface area contributed by atoms with Crippen LogP contribution in [0.4, 0.5) is 0 Å². The lowest BCUT2D eigenvalue weighted by molar-refractivity contribution is 0.229. The van der Waals surface area contributed by atoms with E-state index in [0.717, 1.165) is 49.6 Å². The summed E-state index contributed by atoms with van der Waals surface area (Å²) in [6.45, 7) is 6.95. The maximum absolute atomic E-state index is 12.4. The van der Waals surface area contributed by atoms with Crippen molar-refractivity contribution in [1.82, 2.24) is 14.5 Å². The van der Waals surface area contributed by atoms with Gasteiger partial charge in [-0.15, -0.1) is 11.3 Å². The van der Waals surface area contributed by atoms with Gasteiger partial charge < -0.3 is 5.32 Å². The quantitative estimate of drug-likeness (QED) is 0.878. The molecule has 2 rings (SSSR count). The Morgan fingerprint density at radius 3 is 2.65 bits per heavy atom. The predicted molar refractivity (Wildman–Crippen MR) is 83.2 cm³/mol. The fourth-order valence-electron chi connectivity index (χ4n) is 2.05. The zero-order valence-electron chi connectivity index (χ0n) is 11.7. The number of nitrogens with one attached hydrogen (secondary N) is 1. The molecule has 1 saturated heterocycles. The van der Waals surface area contributed by atoms with Crippen molar-refractivity contribution >= 4 is 33.0 Å². The summed E-state index contributed by atoms with van der Waals surface area (Å²) in [5, 5.41) is 3.28. The third kappa shape index (κ3) is 3.72. The van der Waals surface area contributed by atoms with E-state index in [1.165, 1.54) is 4.31 Å². The van der Waals surface area contributed by atoms with Crippen LogP contribution in [0.1, 0.15) is 5.56 Å². The van der Waals surface area contributed by atoms with Crippen LogP contribution in [0.2, 0.25) is 4.34 Å². The third-order valence-corrected chi connectivity index (χ3v) is 7.30. The van der Waals surface area contributed by atoms with Crippen molar-refractivity contribution in [3.05, 3.63) is 16.0 Å². The Hall–Kier alpha value is -0.180. The molecule has 5 nitrogen and oxygen atoms in total. The van der Waals surface area contributed by atoms with Crippen LogP contribution in [0.3, 0.4) is 0 Å². The molecule has 0 amide bonds. The Balaban J connectivity index is 1.98. The van der Waals surface area contributed by atoms with Gasteiger partial charge in [0.25, 0.3) is 10.0 Å². The van der Waals surface area contributed by atoms with Crippen molar-refractivity contribution in [2.45, 2.75) is 11.1 Å². The lowest BCUT2D eigenvalue weighted by Gasteiger charge is -2.28. The molecule has 1 aromatic rings. The first kappa shape index (κ1) is 16.2. The first-order valence-electron chi connectivity index (χ1n) is 6.56. The van der Waals surface area contributed by atoms with E-state index >= 15 is 0 Å². The fraction of sp³-hybridized carbons (Fsp3) is 0.667. The highest BCUT2D eigenvalue weighted by molar-refractivity contribution is 7.91. The van der Waals surface area contributed by atoms with Crippen LogP contribution in [-0.2, 0) is 10.0 Å². The van der Waals surface area contributed by atoms with Gasteiger partial charge in [-0.1, -0.05) is 11.6 Å². The number of hydrogen-bond donors (Lipinski definition) is 1. The van der Waals surface area contributed by atoms with Crippen molar-refractivity contribution < 1.29 is 8.42 Å². The Morgan fingerprint density at radius 1 is 1.45 bits per heavy atom. The number of nitrogens with zero attached hydrogens (tertiary/aromatic N) is 2. The molecule has 1 aliphatic rings. The molecular formula is C12H20ClN3O2S2. The lowest BCUT2D eigenvalue weighted by atomic mass is 10.3. The Kier molecular flexibility index (Phi) is 5.44. The monoisotopic (exact) mass is 337 g/mol. The van der Waals surface area contributed by atoms with Crippen LogP contribution in [0.25, 0.3) is 0 Å². The van der Waals surface area contributed by atoms with E-state index in [0.29, 0.717) is 15.1 Å². The molecule has 1 fully saturated rings. The van der Waals surface area contributed by atoms with Gasteiger partial charge >= 0.3 is 0 Å². The minimum absolute atomic E-state index is 0.322.